The zero-order chi connectivity index (χ0) is 17.6. The molecule has 2 N–H and O–H groups in total. The molecule has 2 aromatic carbocycles. The molecule has 3 aromatic rings. The minimum absolute atomic E-state index is 0.0767. The normalized spacial score (nSPS) is 10.6. The van der Waals surface area contributed by atoms with Crippen LogP contribution in [0.1, 0.15) is 5.82 Å². The predicted octanol–water partition coefficient (Wildman–Crippen LogP) is 3.71. The second kappa shape index (κ2) is 8.04. The van der Waals surface area contributed by atoms with Crippen LogP contribution in [0.15, 0.2) is 59.8 Å². The Labute approximate surface area is 153 Å². The average molecular weight is 375 g/mol. The van der Waals surface area contributed by atoms with Crippen LogP contribution in [0.4, 0.5) is 5.69 Å². The Morgan fingerprint density at radius 3 is 2.68 bits per heavy atom. The lowest BCUT2D eigenvalue weighted by Crippen LogP contribution is -2.09. The van der Waals surface area contributed by atoms with Crippen LogP contribution in [0.3, 0.4) is 0 Å². The van der Waals surface area contributed by atoms with E-state index in [0.29, 0.717) is 22.5 Å². The Hall–Kier alpha value is -2.51. The minimum atomic E-state index is -0.897. The molecule has 0 spiro atoms. The van der Waals surface area contributed by atoms with Crippen molar-refractivity contribution in [3.63, 3.8) is 0 Å². The maximum absolute atomic E-state index is 10.9. The first kappa shape index (κ1) is 17.3. The van der Waals surface area contributed by atoms with Crippen molar-refractivity contribution in [3.05, 3.63) is 65.4 Å². The summed E-state index contributed by atoms with van der Waals surface area (Å²) in [5.41, 5.74) is 1.75. The van der Waals surface area contributed by atoms with Crippen LogP contribution in [0.5, 0.6) is 0 Å². The van der Waals surface area contributed by atoms with Gasteiger partial charge in [0.25, 0.3) is 0 Å². The molecule has 0 unspecified atom stereocenters. The van der Waals surface area contributed by atoms with E-state index in [1.165, 1.54) is 0 Å². The summed E-state index contributed by atoms with van der Waals surface area (Å²) in [6, 6.07) is 17.0. The maximum atomic E-state index is 10.9. The molecule has 0 saturated carbocycles. The van der Waals surface area contributed by atoms with E-state index in [-0.39, 0.29) is 5.75 Å². The van der Waals surface area contributed by atoms with Crippen molar-refractivity contribution in [1.29, 1.82) is 0 Å². The van der Waals surface area contributed by atoms with Gasteiger partial charge in [0.2, 0.25) is 0 Å². The Balaban J connectivity index is 1.86. The van der Waals surface area contributed by atoms with Crippen molar-refractivity contribution in [1.82, 2.24) is 14.8 Å². The zero-order valence-electron chi connectivity index (χ0n) is 13.1. The smallest absolute Gasteiger partial charge is 0.313 e. The lowest BCUT2D eigenvalue weighted by molar-refractivity contribution is -0.133. The fourth-order valence-corrected chi connectivity index (χ4v) is 3.13. The number of carboxylic acid groups (broad SMARTS) is 1. The fraction of sp³-hybridized carbons (Fsp3) is 0.118. The summed E-state index contributed by atoms with van der Waals surface area (Å²) < 4.78 is 1.85. The molecule has 0 aliphatic rings. The molecular weight excluding hydrogens is 360 g/mol. The molecule has 0 bridgehead atoms. The van der Waals surface area contributed by atoms with Gasteiger partial charge in [-0.2, -0.15) is 0 Å². The largest absolute Gasteiger partial charge is 0.481 e. The molecular formula is C17H15ClN4O2S. The van der Waals surface area contributed by atoms with Crippen LogP contribution in [0, 0.1) is 0 Å². The quantitative estimate of drug-likeness (QED) is 0.614. The number of carbonyl (C=O) groups is 1. The van der Waals surface area contributed by atoms with E-state index in [1.807, 2.05) is 53.1 Å². The van der Waals surface area contributed by atoms with Gasteiger partial charge in [0.15, 0.2) is 11.0 Å². The third-order valence-electron chi connectivity index (χ3n) is 3.31. The fourth-order valence-electron chi connectivity index (χ4n) is 2.25. The molecule has 1 heterocycles. The molecule has 0 radical (unpaired) electrons. The van der Waals surface area contributed by atoms with E-state index >= 15 is 0 Å². The molecule has 1 aromatic heterocycles. The topological polar surface area (TPSA) is 80.0 Å². The number of rotatable bonds is 7. The van der Waals surface area contributed by atoms with Gasteiger partial charge in [0.05, 0.1) is 12.3 Å². The first-order valence-electron chi connectivity index (χ1n) is 7.47. The molecule has 0 atom stereocenters. The third kappa shape index (κ3) is 4.52. The minimum Gasteiger partial charge on any atom is -0.481 e. The van der Waals surface area contributed by atoms with Gasteiger partial charge < -0.3 is 10.4 Å². The van der Waals surface area contributed by atoms with E-state index in [2.05, 4.69) is 15.5 Å². The van der Waals surface area contributed by atoms with Crippen molar-refractivity contribution < 1.29 is 9.90 Å². The van der Waals surface area contributed by atoms with Crippen LogP contribution in [0.25, 0.3) is 5.69 Å². The number of aromatic nitrogens is 3. The molecule has 128 valence electrons. The molecule has 0 amide bonds. The van der Waals surface area contributed by atoms with Gasteiger partial charge in [-0.3, -0.25) is 9.36 Å². The van der Waals surface area contributed by atoms with Crippen LogP contribution in [-0.4, -0.2) is 31.6 Å². The second-order valence-corrected chi connectivity index (χ2v) is 6.50. The van der Waals surface area contributed by atoms with Gasteiger partial charge >= 0.3 is 5.97 Å². The Morgan fingerprint density at radius 2 is 1.96 bits per heavy atom. The average Bonchev–Trinajstić information content (AvgIpc) is 3.02. The van der Waals surface area contributed by atoms with Crippen molar-refractivity contribution in [2.24, 2.45) is 0 Å². The molecule has 0 saturated heterocycles. The lowest BCUT2D eigenvalue weighted by atomic mass is 10.3. The highest BCUT2D eigenvalue weighted by molar-refractivity contribution is 7.99. The number of anilines is 1. The Kier molecular flexibility index (Phi) is 5.57. The summed E-state index contributed by atoms with van der Waals surface area (Å²) in [6.45, 7) is 0.426. The Bertz CT molecular complexity index is 870. The van der Waals surface area contributed by atoms with E-state index < -0.39 is 5.97 Å². The summed E-state index contributed by atoms with van der Waals surface area (Å²) in [4.78, 5) is 10.9. The molecule has 25 heavy (non-hydrogen) atoms. The Morgan fingerprint density at radius 1 is 1.16 bits per heavy atom. The molecule has 0 aliphatic heterocycles. The highest BCUT2D eigenvalue weighted by Gasteiger charge is 2.15. The van der Waals surface area contributed by atoms with Crippen molar-refractivity contribution in [3.8, 4) is 5.69 Å². The van der Waals surface area contributed by atoms with Crippen LogP contribution < -0.4 is 5.32 Å². The van der Waals surface area contributed by atoms with Crippen molar-refractivity contribution in [2.75, 3.05) is 11.1 Å². The van der Waals surface area contributed by atoms with E-state index in [9.17, 15) is 4.79 Å². The molecule has 3 rings (SSSR count). The number of nitrogens with zero attached hydrogens (tertiary/aromatic N) is 3. The number of hydrogen-bond donors (Lipinski definition) is 2. The highest BCUT2D eigenvalue weighted by Crippen LogP contribution is 2.23. The first-order chi connectivity index (χ1) is 12.1. The summed E-state index contributed by atoms with van der Waals surface area (Å²) in [6.07, 6.45) is 0. The monoisotopic (exact) mass is 374 g/mol. The SMILES string of the molecule is O=C(O)CSc1nnc(CNc2cccc(Cl)c2)n1-c1ccccc1. The van der Waals surface area contributed by atoms with E-state index in [1.54, 1.807) is 6.07 Å². The first-order valence-corrected chi connectivity index (χ1v) is 8.83. The summed E-state index contributed by atoms with van der Waals surface area (Å²) in [5.74, 6) is -0.294. The third-order valence-corrected chi connectivity index (χ3v) is 4.46. The van der Waals surface area contributed by atoms with Crippen LogP contribution in [0.2, 0.25) is 5.02 Å². The van der Waals surface area contributed by atoms with Crippen LogP contribution >= 0.6 is 23.4 Å². The molecule has 8 heteroatoms. The second-order valence-electron chi connectivity index (χ2n) is 5.12. The summed E-state index contributed by atoms with van der Waals surface area (Å²) in [5, 5.41) is 21.7. The van der Waals surface area contributed by atoms with E-state index in [0.717, 1.165) is 23.1 Å². The molecule has 6 nitrogen and oxygen atoms in total. The zero-order valence-corrected chi connectivity index (χ0v) is 14.7. The number of hydrogen-bond acceptors (Lipinski definition) is 5. The predicted molar refractivity (Wildman–Crippen MR) is 98.5 cm³/mol. The van der Waals surface area contributed by atoms with Crippen molar-refractivity contribution in [2.45, 2.75) is 11.7 Å². The van der Waals surface area contributed by atoms with Gasteiger partial charge in [-0.05, 0) is 30.3 Å². The number of carboxylic acids is 1. The van der Waals surface area contributed by atoms with Gasteiger partial charge in [-0.15, -0.1) is 10.2 Å². The molecule has 0 fully saturated rings. The lowest BCUT2D eigenvalue weighted by Gasteiger charge is -2.11. The van der Waals surface area contributed by atoms with E-state index in [4.69, 9.17) is 16.7 Å². The number of nitrogens with one attached hydrogen (secondary N) is 1. The van der Waals surface area contributed by atoms with Crippen LogP contribution in [-0.2, 0) is 11.3 Å². The van der Waals surface area contributed by atoms with Gasteiger partial charge in [0.1, 0.15) is 0 Å². The maximum Gasteiger partial charge on any atom is 0.313 e. The standard InChI is InChI=1S/C17H15ClN4O2S/c18-12-5-4-6-13(9-12)19-10-15-20-21-17(25-11-16(23)24)22(15)14-7-2-1-3-8-14/h1-9,19H,10-11H2,(H,23,24). The van der Waals surface area contributed by atoms with Crippen molar-refractivity contribution >= 4 is 35.0 Å². The number of para-hydroxylation sites is 1. The molecule has 0 aliphatic carbocycles. The summed E-state index contributed by atoms with van der Waals surface area (Å²) >= 11 is 7.13. The number of thioether (sulfide) groups is 1. The number of halogens is 1. The summed E-state index contributed by atoms with van der Waals surface area (Å²) in [7, 11) is 0. The van der Waals surface area contributed by atoms with Gasteiger partial charge in [-0.25, -0.2) is 0 Å². The van der Waals surface area contributed by atoms with Gasteiger partial charge in [-0.1, -0.05) is 47.6 Å². The number of benzene rings is 2. The van der Waals surface area contributed by atoms with Gasteiger partial charge in [0, 0.05) is 16.4 Å². The highest BCUT2D eigenvalue weighted by atomic mass is 35.5. The number of aliphatic carboxylic acids is 1.